The zero-order valence-electron chi connectivity index (χ0n) is 10.1. The Morgan fingerprint density at radius 2 is 1.89 bits per heavy atom. The minimum atomic E-state index is -0.104. The fourth-order valence-electron chi connectivity index (χ4n) is 2.32. The van der Waals surface area contributed by atoms with E-state index in [9.17, 15) is 5.11 Å². The highest BCUT2D eigenvalue weighted by atomic mass is 79.9. The third-order valence-corrected chi connectivity index (χ3v) is 4.57. The van der Waals surface area contributed by atoms with Crippen molar-refractivity contribution in [3.63, 3.8) is 0 Å². The molecule has 1 aromatic rings. The predicted molar refractivity (Wildman–Crippen MR) is 81.4 cm³/mol. The second kappa shape index (κ2) is 6.37. The van der Waals surface area contributed by atoms with Crippen LogP contribution in [0.4, 0.5) is 5.69 Å². The van der Waals surface area contributed by atoms with Crippen molar-refractivity contribution < 1.29 is 5.11 Å². The molecule has 0 atom stereocenters. The summed E-state index contributed by atoms with van der Waals surface area (Å²) in [5, 5.41) is 13.0. The molecule has 3 nitrogen and oxygen atoms in total. The Balaban J connectivity index is 1.94. The summed E-state index contributed by atoms with van der Waals surface area (Å²) in [5.41, 5.74) is 7.93. The topological polar surface area (TPSA) is 58.3 Å². The van der Waals surface area contributed by atoms with Crippen molar-refractivity contribution in [3.8, 4) is 0 Å². The van der Waals surface area contributed by atoms with Crippen molar-refractivity contribution in [1.29, 1.82) is 0 Å². The van der Waals surface area contributed by atoms with E-state index in [2.05, 4.69) is 37.2 Å². The van der Waals surface area contributed by atoms with Crippen LogP contribution in [-0.4, -0.2) is 17.3 Å². The Labute approximate surface area is 124 Å². The molecular formula is C13H18Br2N2O. The third-order valence-electron chi connectivity index (χ3n) is 3.46. The van der Waals surface area contributed by atoms with Gasteiger partial charge in [0.05, 0.1) is 11.8 Å². The van der Waals surface area contributed by atoms with Crippen LogP contribution in [0.3, 0.4) is 0 Å². The molecular weight excluding hydrogens is 360 g/mol. The standard InChI is InChI=1S/C13H18Br2N2O/c14-9-5-8(13(16)12(15)6-9)7-17-10-1-3-11(18)4-2-10/h5-6,10-11,17-18H,1-4,7,16H2/t10-,11+. The van der Waals surface area contributed by atoms with Gasteiger partial charge in [0.15, 0.2) is 0 Å². The maximum Gasteiger partial charge on any atom is 0.0541 e. The molecule has 0 spiro atoms. The monoisotopic (exact) mass is 376 g/mol. The lowest BCUT2D eigenvalue weighted by Gasteiger charge is -2.26. The first-order valence-corrected chi connectivity index (χ1v) is 7.79. The summed E-state index contributed by atoms with van der Waals surface area (Å²) < 4.78 is 1.95. The highest BCUT2D eigenvalue weighted by Crippen LogP contribution is 2.28. The molecule has 0 radical (unpaired) electrons. The van der Waals surface area contributed by atoms with Gasteiger partial charge in [-0.15, -0.1) is 0 Å². The molecule has 0 bridgehead atoms. The van der Waals surface area contributed by atoms with E-state index in [1.807, 2.05) is 12.1 Å². The molecule has 0 unspecified atom stereocenters. The first-order valence-electron chi connectivity index (χ1n) is 6.21. The van der Waals surface area contributed by atoms with Gasteiger partial charge in [-0.1, -0.05) is 15.9 Å². The molecule has 0 heterocycles. The normalized spacial score (nSPS) is 24.2. The lowest BCUT2D eigenvalue weighted by molar-refractivity contribution is 0.116. The molecule has 0 aliphatic heterocycles. The molecule has 0 aromatic heterocycles. The van der Waals surface area contributed by atoms with E-state index in [1.165, 1.54) is 0 Å². The molecule has 1 fully saturated rings. The van der Waals surface area contributed by atoms with E-state index in [0.717, 1.165) is 52.4 Å². The first-order chi connectivity index (χ1) is 8.56. The summed E-state index contributed by atoms with van der Waals surface area (Å²) >= 11 is 6.93. The number of hydrogen-bond acceptors (Lipinski definition) is 3. The van der Waals surface area contributed by atoms with E-state index in [-0.39, 0.29) is 6.10 Å². The number of halogens is 2. The number of nitrogens with one attached hydrogen (secondary N) is 1. The molecule has 2 rings (SSSR count). The molecule has 0 amide bonds. The number of nitrogen functional groups attached to an aromatic ring is 1. The summed E-state index contributed by atoms with van der Waals surface area (Å²) in [6.45, 7) is 0.768. The van der Waals surface area contributed by atoms with Gasteiger partial charge in [0.25, 0.3) is 0 Å². The van der Waals surface area contributed by atoms with Gasteiger partial charge >= 0.3 is 0 Å². The molecule has 4 N–H and O–H groups in total. The lowest BCUT2D eigenvalue weighted by Crippen LogP contribution is -2.34. The average molecular weight is 378 g/mol. The van der Waals surface area contributed by atoms with Crippen LogP contribution in [0.15, 0.2) is 21.1 Å². The van der Waals surface area contributed by atoms with Crippen LogP contribution in [0.5, 0.6) is 0 Å². The summed E-state index contributed by atoms with van der Waals surface area (Å²) in [6.07, 6.45) is 3.77. The van der Waals surface area contributed by atoms with E-state index >= 15 is 0 Å². The maximum atomic E-state index is 9.47. The van der Waals surface area contributed by atoms with Crippen molar-refractivity contribution in [2.75, 3.05) is 5.73 Å². The molecule has 1 saturated carbocycles. The zero-order chi connectivity index (χ0) is 13.1. The van der Waals surface area contributed by atoms with Crippen molar-refractivity contribution >= 4 is 37.5 Å². The predicted octanol–water partition coefficient (Wildman–Crippen LogP) is 3.19. The summed E-state index contributed by atoms with van der Waals surface area (Å²) in [6, 6.07) is 4.49. The fraction of sp³-hybridized carbons (Fsp3) is 0.538. The van der Waals surface area contributed by atoms with Gasteiger partial charge in [-0.2, -0.15) is 0 Å². The Morgan fingerprint density at radius 1 is 1.22 bits per heavy atom. The average Bonchev–Trinajstić information content (AvgIpc) is 2.34. The summed E-state index contributed by atoms with van der Waals surface area (Å²) in [7, 11) is 0. The number of nitrogens with two attached hydrogens (primary N) is 1. The van der Waals surface area contributed by atoms with Gasteiger partial charge < -0.3 is 16.2 Å². The van der Waals surface area contributed by atoms with Gasteiger partial charge in [0.2, 0.25) is 0 Å². The number of benzene rings is 1. The minimum Gasteiger partial charge on any atom is -0.398 e. The molecule has 5 heteroatoms. The van der Waals surface area contributed by atoms with Crippen LogP contribution in [-0.2, 0) is 6.54 Å². The molecule has 18 heavy (non-hydrogen) atoms. The van der Waals surface area contributed by atoms with Gasteiger partial charge in [0, 0.05) is 21.5 Å². The highest BCUT2D eigenvalue weighted by molar-refractivity contribution is 9.11. The van der Waals surface area contributed by atoms with Gasteiger partial charge in [-0.05, 0) is 59.3 Å². The Kier molecular flexibility index (Phi) is 5.06. The quantitative estimate of drug-likeness (QED) is 0.709. The number of aliphatic hydroxyl groups is 1. The minimum absolute atomic E-state index is 0.104. The Bertz CT molecular complexity index is 418. The number of hydrogen-bond donors (Lipinski definition) is 3. The molecule has 0 saturated heterocycles. The second-order valence-electron chi connectivity index (χ2n) is 4.85. The Hall–Kier alpha value is -0.100. The van der Waals surface area contributed by atoms with Crippen LogP contribution < -0.4 is 11.1 Å². The number of aliphatic hydroxyl groups excluding tert-OH is 1. The van der Waals surface area contributed by atoms with E-state index in [0.29, 0.717) is 6.04 Å². The van der Waals surface area contributed by atoms with Crippen LogP contribution in [0.1, 0.15) is 31.2 Å². The van der Waals surface area contributed by atoms with Crippen molar-refractivity contribution in [1.82, 2.24) is 5.32 Å². The van der Waals surface area contributed by atoms with Crippen LogP contribution in [0.2, 0.25) is 0 Å². The lowest BCUT2D eigenvalue weighted by atomic mass is 9.93. The second-order valence-corrected chi connectivity index (χ2v) is 6.62. The van der Waals surface area contributed by atoms with Crippen molar-refractivity contribution in [2.45, 2.75) is 44.4 Å². The summed E-state index contributed by atoms with van der Waals surface area (Å²) in [5.74, 6) is 0. The SMILES string of the molecule is Nc1c(Br)cc(Br)cc1CN[C@H]1CC[C@@H](O)CC1. The fourth-order valence-corrected chi connectivity index (χ4v) is 3.63. The highest BCUT2D eigenvalue weighted by Gasteiger charge is 2.19. The Morgan fingerprint density at radius 3 is 2.56 bits per heavy atom. The zero-order valence-corrected chi connectivity index (χ0v) is 13.3. The molecule has 1 aromatic carbocycles. The van der Waals surface area contributed by atoms with Gasteiger partial charge in [-0.3, -0.25) is 0 Å². The summed E-state index contributed by atoms with van der Waals surface area (Å²) in [4.78, 5) is 0. The van der Waals surface area contributed by atoms with E-state index in [1.54, 1.807) is 0 Å². The van der Waals surface area contributed by atoms with E-state index in [4.69, 9.17) is 5.73 Å². The first kappa shape index (κ1) is 14.3. The van der Waals surface area contributed by atoms with Gasteiger partial charge in [0.1, 0.15) is 0 Å². The van der Waals surface area contributed by atoms with E-state index < -0.39 is 0 Å². The van der Waals surface area contributed by atoms with Crippen LogP contribution in [0, 0.1) is 0 Å². The number of rotatable bonds is 3. The largest absolute Gasteiger partial charge is 0.398 e. The molecule has 1 aliphatic carbocycles. The third kappa shape index (κ3) is 3.70. The van der Waals surface area contributed by atoms with Crippen LogP contribution >= 0.6 is 31.9 Å². The molecule has 1 aliphatic rings. The number of anilines is 1. The maximum absolute atomic E-state index is 9.47. The van der Waals surface area contributed by atoms with Gasteiger partial charge in [-0.25, -0.2) is 0 Å². The van der Waals surface area contributed by atoms with Crippen molar-refractivity contribution in [3.05, 3.63) is 26.6 Å². The van der Waals surface area contributed by atoms with Crippen molar-refractivity contribution in [2.24, 2.45) is 0 Å². The molecule has 100 valence electrons. The smallest absolute Gasteiger partial charge is 0.0541 e. The van der Waals surface area contributed by atoms with Crippen LogP contribution in [0.25, 0.3) is 0 Å².